The lowest BCUT2D eigenvalue weighted by Gasteiger charge is -2.43. The summed E-state index contributed by atoms with van der Waals surface area (Å²) in [5.41, 5.74) is 0.639. The highest BCUT2D eigenvalue weighted by atomic mass is 19.4. The second-order valence-electron chi connectivity index (χ2n) is 5.98. The molecule has 1 amide bonds. The lowest BCUT2D eigenvalue weighted by Crippen LogP contribution is -2.59. The average molecular weight is 318 g/mol. The molecular formula is C17H13F3N2O. The smallest absolute Gasteiger partial charge is 0.331 e. The van der Waals surface area contributed by atoms with Crippen molar-refractivity contribution in [3.63, 3.8) is 0 Å². The first-order chi connectivity index (χ1) is 10.9. The first-order valence-electron chi connectivity index (χ1n) is 7.24. The van der Waals surface area contributed by atoms with Gasteiger partial charge in [-0.25, -0.2) is 0 Å². The van der Waals surface area contributed by atoms with Gasteiger partial charge in [0.2, 0.25) is 0 Å². The van der Waals surface area contributed by atoms with Gasteiger partial charge in [-0.3, -0.25) is 4.79 Å². The molecule has 1 unspecified atom stereocenters. The maximum Gasteiger partial charge on any atom is 0.416 e. The second-order valence-corrected chi connectivity index (χ2v) is 5.98. The van der Waals surface area contributed by atoms with Gasteiger partial charge in [0.25, 0.3) is 5.91 Å². The zero-order valence-corrected chi connectivity index (χ0v) is 12.0. The summed E-state index contributed by atoms with van der Waals surface area (Å²) < 4.78 is 38.7. The average Bonchev–Trinajstić information content (AvgIpc) is 2.90. The van der Waals surface area contributed by atoms with Crippen molar-refractivity contribution in [3.8, 4) is 0 Å². The van der Waals surface area contributed by atoms with Crippen molar-refractivity contribution < 1.29 is 18.0 Å². The number of nitrogens with zero attached hydrogens (tertiary/aromatic N) is 1. The van der Waals surface area contributed by atoms with Crippen LogP contribution < -0.4 is 5.32 Å². The summed E-state index contributed by atoms with van der Waals surface area (Å²) in [7, 11) is 0. The van der Waals surface area contributed by atoms with Gasteiger partial charge >= 0.3 is 6.18 Å². The molecule has 6 heteroatoms. The minimum Gasteiger partial charge on any atom is -0.331 e. The van der Waals surface area contributed by atoms with E-state index in [9.17, 15) is 18.0 Å². The fourth-order valence-electron chi connectivity index (χ4n) is 3.51. The SMILES string of the molecule is O=C1NC=C2C=CC=CN2C12Cc1ccc(C(F)(F)F)cc1C2. The molecule has 1 N–H and O–H groups in total. The predicted octanol–water partition coefficient (Wildman–Crippen LogP) is 2.90. The summed E-state index contributed by atoms with van der Waals surface area (Å²) >= 11 is 0. The number of hydrogen-bond donors (Lipinski definition) is 1. The zero-order chi connectivity index (χ0) is 16.2. The van der Waals surface area contributed by atoms with Crippen molar-refractivity contribution >= 4 is 5.91 Å². The Hall–Kier alpha value is -2.50. The fraction of sp³-hybridized carbons (Fsp3) is 0.235. The number of benzene rings is 1. The number of alkyl halides is 3. The van der Waals surface area contributed by atoms with Crippen molar-refractivity contribution in [2.75, 3.05) is 0 Å². The maximum absolute atomic E-state index is 12.9. The highest BCUT2D eigenvalue weighted by Gasteiger charge is 2.50. The van der Waals surface area contributed by atoms with E-state index in [0.29, 0.717) is 12.0 Å². The van der Waals surface area contributed by atoms with E-state index in [1.807, 2.05) is 23.1 Å². The highest BCUT2D eigenvalue weighted by Crippen LogP contribution is 2.41. The molecule has 2 aliphatic heterocycles. The van der Waals surface area contributed by atoms with Crippen LogP contribution in [-0.2, 0) is 23.8 Å². The van der Waals surface area contributed by atoms with Gasteiger partial charge < -0.3 is 10.2 Å². The minimum absolute atomic E-state index is 0.189. The van der Waals surface area contributed by atoms with Gasteiger partial charge in [-0.15, -0.1) is 0 Å². The van der Waals surface area contributed by atoms with Crippen molar-refractivity contribution in [1.29, 1.82) is 0 Å². The number of hydrogen-bond acceptors (Lipinski definition) is 2. The summed E-state index contributed by atoms with van der Waals surface area (Å²) in [5.74, 6) is -0.189. The first kappa shape index (κ1) is 14.1. The summed E-state index contributed by atoms with van der Waals surface area (Å²) in [6.07, 6.45) is 5.25. The molecule has 0 saturated heterocycles. The largest absolute Gasteiger partial charge is 0.416 e. The molecule has 1 spiro atoms. The number of nitrogens with one attached hydrogen (secondary N) is 1. The molecule has 0 saturated carbocycles. The van der Waals surface area contributed by atoms with Gasteiger partial charge in [0.1, 0.15) is 5.54 Å². The van der Waals surface area contributed by atoms with Gasteiger partial charge in [-0.1, -0.05) is 12.1 Å². The van der Waals surface area contributed by atoms with Crippen molar-refractivity contribution in [3.05, 3.63) is 71.2 Å². The zero-order valence-electron chi connectivity index (χ0n) is 12.0. The molecule has 0 aromatic heterocycles. The summed E-state index contributed by atoms with van der Waals surface area (Å²) in [6.45, 7) is 0. The van der Waals surface area contributed by atoms with Crippen LogP contribution in [0.4, 0.5) is 13.2 Å². The molecule has 0 fully saturated rings. The second kappa shape index (κ2) is 4.50. The number of allylic oxidation sites excluding steroid dienone is 3. The van der Waals surface area contributed by atoms with E-state index in [0.717, 1.165) is 17.3 Å². The Morgan fingerprint density at radius 2 is 1.91 bits per heavy atom. The molecule has 3 aliphatic rings. The number of fused-ring (bicyclic) bond motifs is 3. The van der Waals surface area contributed by atoms with Crippen molar-refractivity contribution in [1.82, 2.24) is 10.2 Å². The molecule has 1 aliphatic carbocycles. The minimum atomic E-state index is -4.38. The molecule has 0 radical (unpaired) electrons. The number of halogens is 3. The maximum atomic E-state index is 12.9. The number of carbonyl (C=O) groups is 1. The van der Waals surface area contributed by atoms with E-state index < -0.39 is 17.3 Å². The third kappa shape index (κ3) is 2.01. The van der Waals surface area contributed by atoms with Crippen molar-refractivity contribution in [2.24, 2.45) is 0 Å². The quantitative estimate of drug-likeness (QED) is 0.798. The third-order valence-electron chi connectivity index (χ3n) is 4.63. The topological polar surface area (TPSA) is 32.3 Å². The molecular weight excluding hydrogens is 305 g/mol. The molecule has 2 heterocycles. The van der Waals surface area contributed by atoms with Gasteiger partial charge in [-0.05, 0) is 35.4 Å². The van der Waals surface area contributed by atoms with Crippen LogP contribution >= 0.6 is 0 Å². The highest BCUT2D eigenvalue weighted by molar-refractivity contribution is 5.91. The van der Waals surface area contributed by atoms with Gasteiger partial charge in [0.15, 0.2) is 0 Å². The Balaban J connectivity index is 1.77. The van der Waals surface area contributed by atoms with E-state index in [2.05, 4.69) is 5.32 Å². The van der Waals surface area contributed by atoms with Crippen LogP contribution in [0.3, 0.4) is 0 Å². The fourth-order valence-corrected chi connectivity index (χ4v) is 3.51. The molecule has 1 atom stereocenters. The Bertz CT molecular complexity index is 792. The monoisotopic (exact) mass is 318 g/mol. The number of carbonyl (C=O) groups excluding carboxylic acids is 1. The molecule has 1 aromatic rings. The molecule has 4 rings (SSSR count). The van der Waals surface area contributed by atoms with Crippen LogP contribution in [-0.4, -0.2) is 16.3 Å². The van der Waals surface area contributed by atoms with E-state index in [4.69, 9.17) is 0 Å². The van der Waals surface area contributed by atoms with E-state index >= 15 is 0 Å². The first-order valence-corrected chi connectivity index (χ1v) is 7.24. The number of amides is 1. The lowest BCUT2D eigenvalue weighted by atomic mass is 9.89. The standard InChI is InChI=1S/C17H13F3N2O/c18-17(19,20)13-5-4-11-8-16(9-12(11)7-13)15(23)21-10-14-3-1-2-6-22(14)16/h1-7,10H,8-9H2,(H,21,23). The van der Waals surface area contributed by atoms with E-state index in [1.54, 1.807) is 12.4 Å². The van der Waals surface area contributed by atoms with E-state index in [-0.39, 0.29) is 12.3 Å². The predicted molar refractivity (Wildman–Crippen MR) is 77.9 cm³/mol. The Kier molecular flexibility index (Phi) is 2.76. The van der Waals surface area contributed by atoms with Crippen LogP contribution in [0.1, 0.15) is 16.7 Å². The molecule has 23 heavy (non-hydrogen) atoms. The van der Waals surface area contributed by atoms with Gasteiger partial charge in [-0.2, -0.15) is 13.2 Å². The van der Waals surface area contributed by atoms with Gasteiger partial charge in [0.05, 0.1) is 11.3 Å². The Labute approximate surface area is 130 Å². The summed E-state index contributed by atoms with van der Waals surface area (Å²) in [6, 6.07) is 3.74. The number of rotatable bonds is 0. The molecule has 3 nitrogen and oxygen atoms in total. The Morgan fingerprint density at radius 3 is 2.70 bits per heavy atom. The summed E-state index contributed by atoms with van der Waals surface area (Å²) in [5, 5.41) is 2.74. The normalized spacial score (nSPS) is 25.3. The van der Waals surface area contributed by atoms with Crippen LogP contribution in [0.15, 0.2) is 54.5 Å². The third-order valence-corrected chi connectivity index (χ3v) is 4.63. The molecule has 118 valence electrons. The van der Waals surface area contributed by atoms with Crippen LogP contribution in [0.25, 0.3) is 0 Å². The van der Waals surface area contributed by atoms with Crippen LogP contribution in [0.2, 0.25) is 0 Å². The Morgan fingerprint density at radius 1 is 1.13 bits per heavy atom. The van der Waals surface area contributed by atoms with E-state index in [1.165, 1.54) is 12.1 Å². The lowest BCUT2D eigenvalue weighted by molar-refractivity contribution is -0.137. The van der Waals surface area contributed by atoms with Crippen LogP contribution in [0.5, 0.6) is 0 Å². The van der Waals surface area contributed by atoms with Crippen LogP contribution in [0, 0.1) is 0 Å². The van der Waals surface area contributed by atoms with Gasteiger partial charge in [0, 0.05) is 25.2 Å². The van der Waals surface area contributed by atoms with Crippen molar-refractivity contribution in [2.45, 2.75) is 24.6 Å². The summed E-state index contributed by atoms with van der Waals surface area (Å²) in [4.78, 5) is 14.4. The molecule has 0 bridgehead atoms. The molecule has 1 aromatic carbocycles.